The summed E-state index contributed by atoms with van der Waals surface area (Å²) in [5, 5.41) is 0.579. The summed E-state index contributed by atoms with van der Waals surface area (Å²) in [7, 11) is 1.95. The van der Waals surface area contributed by atoms with Crippen LogP contribution in [0.4, 0.5) is 0 Å². The van der Waals surface area contributed by atoms with Crippen molar-refractivity contribution in [1.29, 1.82) is 0 Å². The van der Waals surface area contributed by atoms with Crippen LogP contribution in [0.5, 0.6) is 0 Å². The summed E-state index contributed by atoms with van der Waals surface area (Å²) in [5.74, 6) is -0.277. The second-order valence-electron chi connectivity index (χ2n) is 5.82. The number of aromatic nitrogens is 1. The molecule has 3 rings (SSSR count). The van der Waals surface area contributed by atoms with E-state index in [-0.39, 0.29) is 5.91 Å². The van der Waals surface area contributed by atoms with Gasteiger partial charge in [-0.15, -0.1) is 11.3 Å². The van der Waals surface area contributed by atoms with Crippen molar-refractivity contribution in [3.8, 4) is 11.3 Å². The smallest absolute Gasteiger partial charge is 0.279 e. The van der Waals surface area contributed by atoms with Gasteiger partial charge in [0.05, 0.1) is 5.69 Å². The van der Waals surface area contributed by atoms with Crippen molar-refractivity contribution in [2.45, 2.75) is 20.3 Å². The van der Waals surface area contributed by atoms with Gasteiger partial charge in [-0.3, -0.25) is 4.79 Å². The molecule has 0 unspecified atom stereocenters. The first-order chi connectivity index (χ1) is 12.0. The minimum Gasteiger partial charge on any atom is -0.319 e. The second kappa shape index (κ2) is 7.38. The first-order valence-electron chi connectivity index (χ1n) is 8.10. The molecule has 0 bridgehead atoms. The summed E-state index contributed by atoms with van der Waals surface area (Å²) in [6.07, 6.45) is 0.892. The molecule has 3 nitrogen and oxygen atoms in total. The van der Waals surface area contributed by atoms with Gasteiger partial charge in [0.2, 0.25) is 0 Å². The van der Waals surface area contributed by atoms with Crippen molar-refractivity contribution >= 4 is 28.8 Å². The van der Waals surface area contributed by atoms with Crippen LogP contribution in [-0.2, 0) is 13.5 Å². The van der Waals surface area contributed by atoms with Crippen LogP contribution >= 0.6 is 22.9 Å². The number of rotatable bonds is 3. The Bertz CT molecular complexity index is 987. The number of thiazole rings is 1. The molecule has 1 heterocycles. The molecule has 0 saturated heterocycles. The molecule has 1 aromatic heterocycles. The molecule has 3 aromatic rings. The molecular formula is C20H19ClN2OS. The quantitative estimate of drug-likeness (QED) is 0.637. The highest BCUT2D eigenvalue weighted by Crippen LogP contribution is 2.25. The van der Waals surface area contributed by atoms with E-state index in [9.17, 15) is 4.79 Å². The van der Waals surface area contributed by atoms with Crippen molar-refractivity contribution in [3.63, 3.8) is 0 Å². The van der Waals surface area contributed by atoms with Crippen molar-refractivity contribution < 1.29 is 4.79 Å². The number of hydrogen-bond donors (Lipinski definition) is 0. The van der Waals surface area contributed by atoms with Crippen LogP contribution in [0.3, 0.4) is 0 Å². The number of carbonyl (C=O) groups is 1. The number of hydrogen-bond acceptors (Lipinski definition) is 2. The number of halogens is 1. The van der Waals surface area contributed by atoms with Crippen LogP contribution < -0.4 is 4.80 Å². The van der Waals surface area contributed by atoms with Crippen LogP contribution in [0, 0.1) is 6.92 Å². The maximum Gasteiger partial charge on any atom is 0.279 e. The van der Waals surface area contributed by atoms with Crippen molar-refractivity contribution in [1.82, 2.24) is 4.57 Å². The molecule has 5 heteroatoms. The number of benzene rings is 2. The number of carbonyl (C=O) groups excluding carboxylic acids is 1. The lowest BCUT2D eigenvalue weighted by atomic mass is 10.1. The maximum absolute atomic E-state index is 12.5. The number of aryl methyl sites for hydroxylation is 2. The van der Waals surface area contributed by atoms with E-state index < -0.39 is 0 Å². The lowest BCUT2D eigenvalue weighted by molar-refractivity contribution is 0.0998. The molecular weight excluding hydrogens is 352 g/mol. The van der Waals surface area contributed by atoms with E-state index >= 15 is 0 Å². The highest BCUT2D eigenvalue weighted by Gasteiger charge is 2.13. The topological polar surface area (TPSA) is 34.4 Å². The van der Waals surface area contributed by atoms with Gasteiger partial charge in [-0.25, -0.2) is 0 Å². The van der Waals surface area contributed by atoms with Crippen LogP contribution in [-0.4, -0.2) is 10.5 Å². The van der Waals surface area contributed by atoms with Gasteiger partial charge in [0.25, 0.3) is 5.91 Å². The fraction of sp³-hybridized carbons (Fsp3) is 0.200. The minimum absolute atomic E-state index is 0.277. The van der Waals surface area contributed by atoms with Crippen LogP contribution in [0.25, 0.3) is 11.3 Å². The summed E-state index contributed by atoms with van der Waals surface area (Å²) in [4.78, 5) is 18.8. The summed E-state index contributed by atoms with van der Waals surface area (Å²) < 4.78 is 1.99. The average molecular weight is 371 g/mol. The third kappa shape index (κ3) is 3.60. The Morgan fingerprint density at radius 3 is 2.56 bits per heavy atom. The molecule has 1 amide bonds. The van der Waals surface area contributed by atoms with Gasteiger partial charge < -0.3 is 4.57 Å². The summed E-state index contributed by atoms with van der Waals surface area (Å²) in [5.41, 5.74) is 3.69. The molecule has 2 aromatic carbocycles. The first-order valence-corrected chi connectivity index (χ1v) is 9.30. The largest absolute Gasteiger partial charge is 0.319 e. The molecule has 0 saturated carbocycles. The Morgan fingerprint density at radius 2 is 1.92 bits per heavy atom. The SMILES string of the molecule is CCc1sc(=NC(=O)c2ccc(C)c(Cl)c2)n(C)c1-c1ccccc1. The third-order valence-electron chi connectivity index (χ3n) is 4.09. The molecule has 0 aliphatic carbocycles. The van der Waals surface area contributed by atoms with E-state index in [0.29, 0.717) is 15.4 Å². The molecule has 0 fully saturated rings. The fourth-order valence-electron chi connectivity index (χ4n) is 2.68. The monoisotopic (exact) mass is 370 g/mol. The number of nitrogens with zero attached hydrogens (tertiary/aromatic N) is 2. The molecule has 25 heavy (non-hydrogen) atoms. The summed E-state index contributed by atoms with van der Waals surface area (Å²) >= 11 is 7.68. The van der Waals surface area contributed by atoms with Crippen LogP contribution in [0.15, 0.2) is 53.5 Å². The van der Waals surface area contributed by atoms with Gasteiger partial charge in [0.1, 0.15) is 0 Å². The van der Waals surface area contributed by atoms with Crippen LogP contribution in [0.2, 0.25) is 5.02 Å². The predicted octanol–water partition coefficient (Wildman–Crippen LogP) is 5.02. The highest BCUT2D eigenvalue weighted by atomic mass is 35.5. The standard InChI is InChI=1S/C20H19ClN2OS/c1-4-17-18(14-8-6-5-7-9-14)23(3)20(25-17)22-19(24)15-11-10-13(2)16(21)12-15/h5-12H,4H2,1-3H3. The van der Waals surface area contributed by atoms with Crippen molar-refractivity contribution in [2.75, 3.05) is 0 Å². The molecule has 0 atom stereocenters. The van der Waals surface area contributed by atoms with Gasteiger partial charge >= 0.3 is 0 Å². The molecule has 128 valence electrons. The zero-order valence-corrected chi connectivity index (χ0v) is 16.0. The van der Waals surface area contributed by atoms with Gasteiger partial charge in [-0.2, -0.15) is 4.99 Å². The van der Waals surface area contributed by atoms with Gasteiger partial charge in [0.15, 0.2) is 4.80 Å². The molecule has 0 aliphatic rings. The van der Waals surface area contributed by atoms with E-state index in [2.05, 4.69) is 24.0 Å². The minimum atomic E-state index is -0.277. The summed E-state index contributed by atoms with van der Waals surface area (Å²) in [6.45, 7) is 4.02. The van der Waals surface area contributed by atoms with Gasteiger partial charge in [0, 0.05) is 22.5 Å². The first kappa shape index (κ1) is 17.6. The lowest BCUT2D eigenvalue weighted by Gasteiger charge is -2.05. The Kier molecular flexibility index (Phi) is 5.21. The predicted molar refractivity (Wildman–Crippen MR) is 104 cm³/mol. The van der Waals surface area contributed by atoms with Gasteiger partial charge in [-0.05, 0) is 36.6 Å². The number of amides is 1. The lowest BCUT2D eigenvalue weighted by Crippen LogP contribution is -2.14. The van der Waals surface area contributed by atoms with Crippen molar-refractivity contribution in [2.24, 2.45) is 12.0 Å². The van der Waals surface area contributed by atoms with Crippen LogP contribution in [0.1, 0.15) is 27.7 Å². The molecule has 0 N–H and O–H groups in total. The van der Waals surface area contributed by atoms with E-state index in [1.807, 2.05) is 42.8 Å². The Morgan fingerprint density at radius 1 is 1.20 bits per heavy atom. The third-order valence-corrected chi connectivity index (χ3v) is 5.77. The fourth-order valence-corrected chi connectivity index (χ4v) is 3.93. The Balaban J connectivity index is 2.08. The zero-order chi connectivity index (χ0) is 18.0. The van der Waals surface area contributed by atoms with E-state index in [1.54, 1.807) is 23.5 Å². The Hall–Kier alpha value is -2.17. The molecule has 0 aliphatic heterocycles. The zero-order valence-electron chi connectivity index (χ0n) is 14.4. The van der Waals surface area contributed by atoms with Crippen molar-refractivity contribution in [3.05, 3.63) is 74.4 Å². The maximum atomic E-state index is 12.5. The summed E-state index contributed by atoms with van der Waals surface area (Å²) in [6, 6.07) is 15.5. The molecule has 0 radical (unpaired) electrons. The normalized spacial score (nSPS) is 11.8. The Labute approximate surface area is 156 Å². The highest BCUT2D eigenvalue weighted by molar-refractivity contribution is 7.09. The van der Waals surface area contributed by atoms with E-state index in [1.165, 1.54) is 4.88 Å². The van der Waals surface area contributed by atoms with Gasteiger partial charge in [-0.1, -0.05) is 54.9 Å². The van der Waals surface area contributed by atoms with E-state index in [4.69, 9.17) is 11.6 Å². The second-order valence-corrected chi connectivity index (χ2v) is 7.29. The van der Waals surface area contributed by atoms with E-state index in [0.717, 1.165) is 23.2 Å². The average Bonchev–Trinajstić information content (AvgIpc) is 2.93. The molecule has 0 spiro atoms.